The number of rotatable bonds is 1. The van der Waals surface area contributed by atoms with Gasteiger partial charge in [0.05, 0.1) is 6.04 Å². The molecular formula is C6H13N3O. The van der Waals surface area contributed by atoms with Gasteiger partial charge in [0.25, 0.3) is 0 Å². The standard InChI is InChI=1S/C6H13N3O/c1-5(10)6-4-8-2-3-9(6)7/h6,8H,2-4,7H2,1H3. The molecule has 0 radical (unpaired) electrons. The molecule has 1 aliphatic heterocycles. The Morgan fingerprint density at radius 2 is 2.50 bits per heavy atom. The van der Waals surface area contributed by atoms with Gasteiger partial charge in [-0.1, -0.05) is 0 Å². The van der Waals surface area contributed by atoms with Crippen LogP contribution in [0.5, 0.6) is 0 Å². The minimum Gasteiger partial charge on any atom is -0.313 e. The van der Waals surface area contributed by atoms with E-state index in [2.05, 4.69) is 5.32 Å². The maximum Gasteiger partial charge on any atom is 0.149 e. The fraction of sp³-hybridized carbons (Fsp3) is 0.833. The molecule has 0 bridgehead atoms. The van der Waals surface area contributed by atoms with Crippen molar-refractivity contribution in [3.63, 3.8) is 0 Å². The molecule has 1 atom stereocenters. The van der Waals surface area contributed by atoms with Gasteiger partial charge in [0.1, 0.15) is 5.78 Å². The molecule has 1 fully saturated rings. The van der Waals surface area contributed by atoms with Crippen LogP contribution in [0, 0.1) is 0 Å². The zero-order valence-corrected chi connectivity index (χ0v) is 6.13. The second-order valence-electron chi connectivity index (χ2n) is 2.57. The first-order valence-electron chi connectivity index (χ1n) is 3.44. The Morgan fingerprint density at radius 3 is 2.90 bits per heavy atom. The average Bonchev–Trinajstić information content (AvgIpc) is 1.88. The normalized spacial score (nSPS) is 28.4. The van der Waals surface area contributed by atoms with Crippen molar-refractivity contribution >= 4 is 5.78 Å². The van der Waals surface area contributed by atoms with E-state index in [1.54, 1.807) is 11.9 Å². The van der Waals surface area contributed by atoms with Crippen LogP contribution in [-0.4, -0.2) is 36.5 Å². The summed E-state index contributed by atoms with van der Waals surface area (Å²) in [6.07, 6.45) is 0. The van der Waals surface area contributed by atoms with E-state index in [1.165, 1.54) is 0 Å². The van der Waals surface area contributed by atoms with Crippen LogP contribution in [-0.2, 0) is 4.79 Å². The molecule has 10 heavy (non-hydrogen) atoms. The van der Waals surface area contributed by atoms with Crippen LogP contribution in [0.2, 0.25) is 0 Å². The average molecular weight is 143 g/mol. The van der Waals surface area contributed by atoms with E-state index in [-0.39, 0.29) is 11.8 Å². The molecule has 1 saturated heterocycles. The van der Waals surface area contributed by atoms with Crippen LogP contribution in [0.25, 0.3) is 0 Å². The lowest BCUT2D eigenvalue weighted by molar-refractivity contribution is -0.122. The third-order valence-electron chi connectivity index (χ3n) is 1.75. The van der Waals surface area contributed by atoms with Gasteiger partial charge < -0.3 is 5.32 Å². The Bertz CT molecular complexity index is 137. The van der Waals surface area contributed by atoms with Crippen molar-refractivity contribution < 1.29 is 4.79 Å². The maximum atomic E-state index is 10.8. The van der Waals surface area contributed by atoms with Crippen LogP contribution in [0.1, 0.15) is 6.92 Å². The summed E-state index contributed by atoms with van der Waals surface area (Å²) in [5, 5.41) is 4.70. The van der Waals surface area contributed by atoms with Crippen molar-refractivity contribution in [3.8, 4) is 0 Å². The van der Waals surface area contributed by atoms with Crippen molar-refractivity contribution in [2.24, 2.45) is 5.84 Å². The summed E-state index contributed by atoms with van der Waals surface area (Å²) in [6.45, 7) is 3.88. The van der Waals surface area contributed by atoms with Crippen molar-refractivity contribution in [3.05, 3.63) is 0 Å². The number of hydrogen-bond acceptors (Lipinski definition) is 4. The van der Waals surface area contributed by atoms with Gasteiger partial charge in [-0.25, -0.2) is 5.01 Å². The maximum absolute atomic E-state index is 10.8. The monoisotopic (exact) mass is 143 g/mol. The Hall–Kier alpha value is -0.450. The van der Waals surface area contributed by atoms with Gasteiger partial charge in [-0.2, -0.15) is 0 Å². The lowest BCUT2D eigenvalue weighted by Gasteiger charge is -2.30. The number of carbonyl (C=O) groups excluding carboxylic acids is 1. The predicted molar refractivity (Wildman–Crippen MR) is 38.2 cm³/mol. The highest BCUT2D eigenvalue weighted by atomic mass is 16.1. The molecule has 1 unspecified atom stereocenters. The van der Waals surface area contributed by atoms with E-state index in [0.717, 1.165) is 13.1 Å². The van der Waals surface area contributed by atoms with Crippen LogP contribution in [0.3, 0.4) is 0 Å². The fourth-order valence-electron chi connectivity index (χ4n) is 1.10. The van der Waals surface area contributed by atoms with E-state index in [1.807, 2.05) is 0 Å². The Labute approximate surface area is 60.3 Å². The molecule has 4 nitrogen and oxygen atoms in total. The molecule has 0 saturated carbocycles. The van der Waals surface area contributed by atoms with Gasteiger partial charge in [-0.3, -0.25) is 10.6 Å². The molecule has 1 heterocycles. The molecule has 1 aliphatic rings. The van der Waals surface area contributed by atoms with Crippen LogP contribution < -0.4 is 11.2 Å². The smallest absolute Gasteiger partial charge is 0.149 e. The number of Topliss-reactive ketones (excluding diaryl/α,β-unsaturated/α-hetero) is 1. The number of hydrazine groups is 1. The molecule has 0 aromatic carbocycles. The summed E-state index contributed by atoms with van der Waals surface area (Å²) < 4.78 is 0. The molecule has 4 heteroatoms. The third kappa shape index (κ3) is 1.53. The number of nitrogens with zero attached hydrogens (tertiary/aromatic N) is 1. The van der Waals surface area contributed by atoms with Gasteiger partial charge in [-0.15, -0.1) is 0 Å². The molecule has 0 amide bonds. The molecule has 0 aromatic heterocycles. The summed E-state index contributed by atoms with van der Waals surface area (Å²) in [4.78, 5) is 10.8. The van der Waals surface area contributed by atoms with E-state index < -0.39 is 0 Å². The second-order valence-corrected chi connectivity index (χ2v) is 2.57. The fourth-order valence-corrected chi connectivity index (χ4v) is 1.10. The highest BCUT2D eigenvalue weighted by molar-refractivity contribution is 5.81. The minimum atomic E-state index is -0.117. The topological polar surface area (TPSA) is 58.4 Å². The van der Waals surface area contributed by atoms with Crippen molar-refractivity contribution in [2.75, 3.05) is 19.6 Å². The lowest BCUT2D eigenvalue weighted by Crippen LogP contribution is -2.57. The van der Waals surface area contributed by atoms with E-state index >= 15 is 0 Å². The highest BCUT2D eigenvalue weighted by Crippen LogP contribution is 1.97. The first-order chi connectivity index (χ1) is 4.72. The largest absolute Gasteiger partial charge is 0.313 e. The minimum absolute atomic E-state index is 0.117. The molecule has 3 N–H and O–H groups in total. The zero-order valence-electron chi connectivity index (χ0n) is 6.13. The first-order valence-corrected chi connectivity index (χ1v) is 3.44. The lowest BCUT2D eigenvalue weighted by atomic mass is 10.1. The van der Waals surface area contributed by atoms with Crippen molar-refractivity contribution in [2.45, 2.75) is 13.0 Å². The first kappa shape index (κ1) is 7.65. The zero-order chi connectivity index (χ0) is 7.56. The quantitative estimate of drug-likeness (QED) is 0.449. The summed E-state index contributed by atoms with van der Waals surface area (Å²) in [7, 11) is 0. The molecule has 1 rings (SSSR count). The third-order valence-corrected chi connectivity index (χ3v) is 1.75. The SMILES string of the molecule is CC(=O)C1CNCCN1N. The summed E-state index contributed by atoms with van der Waals surface area (Å²) >= 11 is 0. The number of nitrogens with two attached hydrogens (primary N) is 1. The molecule has 0 aliphatic carbocycles. The summed E-state index contributed by atoms with van der Waals surface area (Å²) in [6, 6.07) is -0.117. The number of piperazine rings is 1. The van der Waals surface area contributed by atoms with Crippen LogP contribution in [0.4, 0.5) is 0 Å². The molecule has 0 aromatic rings. The summed E-state index contributed by atoms with van der Waals surface area (Å²) in [5.41, 5.74) is 0. The number of nitrogens with one attached hydrogen (secondary N) is 1. The van der Waals surface area contributed by atoms with Crippen molar-refractivity contribution in [1.29, 1.82) is 0 Å². The van der Waals surface area contributed by atoms with E-state index in [4.69, 9.17) is 5.84 Å². The Balaban J connectivity index is 2.47. The number of hydrogen-bond donors (Lipinski definition) is 2. The van der Waals surface area contributed by atoms with Gasteiger partial charge in [0.15, 0.2) is 0 Å². The van der Waals surface area contributed by atoms with E-state index in [9.17, 15) is 4.79 Å². The summed E-state index contributed by atoms with van der Waals surface area (Å²) in [5.74, 6) is 5.69. The number of carbonyl (C=O) groups is 1. The van der Waals surface area contributed by atoms with Gasteiger partial charge in [0, 0.05) is 19.6 Å². The van der Waals surface area contributed by atoms with Gasteiger partial charge in [-0.05, 0) is 6.92 Å². The van der Waals surface area contributed by atoms with Crippen LogP contribution in [0.15, 0.2) is 0 Å². The Morgan fingerprint density at radius 1 is 1.80 bits per heavy atom. The molecule has 0 spiro atoms. The Kier molecular flexibility index (Phi) is 2.37. The van der Waals surface area contributed by atoms with Crippen molar-refractivity contribution in [1.82, 2.24) is 10.3 Å². The number of ketones is 1. The molecule has 58 valence electrons. The second kappa shape index (κ2) is 3.09. The molecular weight excluding hydrogens is 130 g/mol. The van der Waals surface area contributed by atoms with E-state index in [0.29, 0.717) is 6.54 Å². The van der Waals surface area contributed by atoms with Crippen LogP contribution >= 0.6 is 0 Å². The van der Waals surface area contributed by atoms with Gasteiger partial charge in [0.2, 0.25) is 0 Å². The van der Waals surface area contributed by atoms with Gasteiger partial charge >= 0.3 is 0 Å². The predicted octanol–water partition coefficient (Wildman–Crippen LogP) is -1.28. The highest BCUT2D eigenvalue weighted by Gasteiger charge is 2.22.